The molecule has 22 heavy (non-hydrogen) atoms. The van der Waals surface area contributed by atoms with Crippen molar-refractivity contribution in [1.82, 2.24) is 15.1 Å². The van der Waals surface area contributed by atoms with Gasteiger partial charge in [0.2, 0.25) is 5.91 Å². The third-order valence-corrected chi connectivity index (χ3v) is 4.43. The van der Waals surface area contributed by atoms with E-state index >= 15 is 0 Å². The minimum atomic E-state index is -0.504. The van der Waals surface area contributed by atoms with E-state index in [0.717, 1.165) is 10.7 Å². The van der Waals surface area contributed by atoms with Crippen molar-refractivity contribution < 1.29 is 19.1 Å². The Morgan fingerprint density at radius 1 is 1.32 bits per heavy atom. The SMILES string of the molecule is CSCCC1NC(=O)N(CC(=O)N2CC(C)OC(C)C2)C1=O. The van der Waals surface area contributed by atoms with Crippen molar-refractivity contribution >= 4 is 29.6 Å². The first-order valence-electron chi connectivity index (χ1n) is 7.46. The number of urea groups is 1. The zero-order chi connectivity index (χ0) is 16.3. The Kier molecular flexibility index (Phi) is 5.69. The van der Waals surface area contributed by atoms with Gasteiger partial charge >= 0.3 is 6.03 Å². The predicted octanol–water partition coefficient (Wildman–Crippen LogP) is 0.296. The van der Waals surface area contributed by atoms with Crippen LogP contribution in [0.4, 0.5) is 4.79 Å². The van der Waals surface area contributed by atoms with Crippen LogP contribution in [0.2, 0.25) is 0 Å². The minimum Gasteiger partial charge on any atom is -0.372 e. The maximum atomic E-state index is 12.3. The molecule has 0 bridgehead atoms. The number of thioether (sulfide) groups is 1. The number of amides is 4. The summed E-state index contributed by atoms with van der Waals surface area (Å²) in [5.74, 6) is 0.273. The molecule has 2 aliphatic heterocycles. The molecule has 124 valence electrons. The van der Waals surface area contributed by atoms with Crippen molar-refractivity contribution in [1.29, 1.82) is 0 Å². The molecule has 2 heterocycles. The fourth-order valence-corrected chi connectivity index (χ4v) is 3.25. The van der Waals surface area contributed by atoms with Crippen molar-refractivity contribution in [3.63, 3.8) is 0 Å². The van der Waals surface area contributed by atoms with E-state index in [1.165, 1.54) is 0 Å². The molecule has 7 nitrogen and oxygen atoms in total. The Hall–Kier alpha value is -1.28. The van der Waals surface area contributed by atoms with Crippen molar-refractivity contribution in [3.8, 4) is 0 Å². The van der Waals surface area contributed by atoms with Crippen LogP contribution in [-0.4, -0.2) is 77.5 Å². The maximum absolute atomic E-state index is 12.3. The van der Waals surface area contributed by atoms with E-state index in [9.17, 15) is 14.4 Å². The first-order chi connectivity index (χ1) is 10.4. The predicted molar refractivity (Wildman–Crippen MR) is 83.6 cm³/mol. The normalized spacial score (nSPS) is 29.0. The van der Waals surface area contributed by atoms with Crippen molar-refractivity contribution in [2.24, 2.45) is 0 Å². The fraction of sp³-hybridized carbons (Fsp3) is 0.786. The molecular weight excluding hydrogens is 306 g/mol. The van der Waals surface area contributed by atoms with Crippen LogP contribution in [0.25, 0.3) is 0 Å². The lowest BCUT2D eigenvalue weighted by Crippen LogP contribution is -2.51. The summed E-state index contributed by atoms with van der Waals surface area (Å²) >= 11 is 1.62. The van der Waals surface area contributed by atoms with Crippen molar-refractivity contribution in [3.05, 3.63) is 0 Å². The van der Waals surface area contributed by atoms with Gasteiger partial charge in [0.05, 0.1) is 12.2 Å². The first-order valence-corrected chi connectivity index (χ1v) is 8.85. The second-order valence-electron chi connectivity index (χ2n) is 5.76. The van der Waals surface area contributed by atoms with Crippen molar-refractivity contribution in [2.45, 2.75) is 38.5 Å². The monoisotopic (exact) mass is 329 g/mol. The van der Waals surface area contributed by atoms with Crippen LogP contribution < -0.4 is 5.32 Å². The number of carbonyl (C=O) groups excluding carboxylic acids is 3. The van der Waals surface area contributed by atoms with E-state index in [2.05, 4.69) is 5.32 Å². The van der Waals surface area contributed by atoms with E-state index < -0.39 is 12.1 Å². The van der Waals surface area contributed by atoms with E-state index in [1.807, 2.05) is 20.1 Å². The molecule has 0 aliphatic carbocycles. The lowest BCUT2D eigenvalue weighted by atomic mass is 10.2. The lowest BCUT2D eigenvalue weighted by molar-refractivity contribution is -0.146. The van der Waals surface area contributed by atoms with Gasteiger partial charge in [0.1, 0.15) is 12.6 Å². The molecule has 8 heteroatoms. The quantitative estimate of drug-likeness (QED) is 0.734. The largest absolute Gasteiger partial charge is 0.372 e. The van der Waals surface area contributed by atoms with E-state index in [0.29, 0.717) is 19.5 Å². The number of nitrogens with one attached hydrogen (secondary N) is 1. The molecule has 0 spiro atoms. The molecule has 0 radical (unpaired) electrons. The molecule has 0 aromatic rings. The highest BCUT2D eigenvalue weighted by molar-refractivity contribution is 7.98. The summed E-state index contributed by atoms with van der Waals surface area (Å²) in [7, 11) is 0. The van der Waals surface area contributed by atoms with Gasteiger partial charge in [0.25, 0.3) is 5.91 Å². The molecule has 0 aromatic carbocycles. The number of hydrogen-bond acceptors (Lipinski definition) is 5. The first kappa shape index (κ1) is 17.1. The molecule has 4 amide bonds. The second kappa shape index (κ2) is 7.32. The molecule has 2 aliphatic rings. The van der Waals surface area contributed by atoms with Gasteiger partial charge in [-0.1, -0.05) is 0 Å². The van der Waals surface area contributed by atoms with Gasteiger partial charge in [0.15, 0.2) is 0 Å². The highest BCUT2D eigenvalue weighted by Gasteiger charge is 2.39. The molecule has 0 saturated carbocycles. The Morgan fingerprint density at radius 3 is 2.55 bits per heavy atom. The number of imide groups is 1. The van der Waals surface area contributed by atoms with Crippen LogP contribution in [-0.2, 0) is 14.3 Å². The second-order valence-corrected chi connectivity index (χ2v) is 6.75. The molecule has 2 rings (SSSR count). The summed E-state index contributed by atoms with van der Waals surface area (Å²) in [4.78, 5) is 39.1. The zero-order valence-electron chi connectivity index (χ0n) is 13.2. The van der Waals surface area contributed by atoms with Crippen LogP contribution in [0.1, 0.15) is 20.3 Å². The number of nitrogens with zero attached hydrogens (tertiary/aromatic N) is 2. The average molecular weight is 329 g/mol. The van der Waals surface area contributed by atoms with Crippen LogP contribution in [0.5, 0.6) is 0 Å². The van der Waals surface area contributed by atoms with Gasteiger partial charge < -0.3 is 15.0 Å². The summed E-state index contributed by atoms with van der Waals surface area (Å²) in [6.45, 7) is 4.59. The molecule has 2 fully saturated rings. The van der Waals surface area contributed by atoms with Crippen LogP contribution in [0, 0.1) is 0 Å². The van der Waals surface area contributed by atoms with Gasteiger partial charge in [0, 0.05) is 13.1 Å². The lowest BCUT2D eigenvalue weighted by Gasteiger charge is -2.35. The molecule has 1 N–H and O–H groups in total. The van der Waals surface area contributed by atoms with E-state index in [4.69, 9.17) is 4.74 Å². The summed E-state index contributed by atoms with van der Waals surface area (Å²) < 4.78 is 5.58. The fourth-order valence-electron chi connectivity index (χ4n) is 2.77. The third-order valence-electron chi connectivity index (χ3n) is 3.78. The van der Waals surface area contributed by atoms with Crippen LogP contribution >= 0.6 is 11.8 Å². The third kappa shape index (κ3) is 3.92. The maximum Gasteiger partial charge on any atom is 0.325 e. The average Bonchev–Trinajstić information content (AvgIpc) is 2.71. The number of carbonyl (C=O) groups is 3. The molecule has 2 saturated heterocycles. The number of rotatable bonds is 5. The van der Waals surface area contributed by atoms with Gasteiger partial charge in [-0.05, 0) is 32.3 Å². The van der Waals surface area contributed by atoms with E-state index in [1.54, 1.807) is 16.7 Å². The Balaban J connectivity index is 1.93. The highest BCUT2D eigenvalue weighted by atomic mass is 32.2. The number of morpholine rings is 1. The Labute approximate surface area is 134 Å². The molecular formula is C14H23N3O4S. The minimum absolute atomic E-state index is 0.0369. The van der Waals surface area contributed by atoms with Gasteiger partial charge in [-0.3, -0.25) is 14.5 Å². The summed E-state index contributed by atoms with van der Waals surface area (Å²) in [5.41, 5.74) is 0. The Morgan fingerprint density at radius 2 is 1.95 bits per heavy atom. The standard InChI is InChI=1S/C14H23N3O4S/c1-9-6-16(7-10(2)21-9)12(18)8-17-13(19)11(4-5-22-3)15-14(17)20/h9-11H,4-8H2,1-3H3,(H,15,20). The zero-order valence-corrected chi connectivity index (χ0v) is 14.0. The summed E-state index contributed by atoms with van der Waals surface area (Å²) in [6.07, 6.45) is 2.46. The molecule has 0 aromatic heterocycles. The summed E-state index contributed by atoms with van der Waals surface area (Å²) in [6, 6.07) is -0.978. The smallest absolute Gasteiger partial charge is 0.325 e. The van der Waals surface area contributed by atoms with Gasteiger partial charge in [-0.25, -0.2) is 4.79 Å². The number of ether oxygens (including phenoxy) is 1. The van der Waals surface area contributed by atoms with E-state index in [-0.39, 0.29) is 30.6 Å². The topological polar surface area (TPSA) is 79.0 Å². The van der Waals surface area contributed by atoms with Crippen molar-refractivity contribution in [2.75, 3.05) is 31.6 Å². The van der Waals surface area contributed by atoms with Crippen LogP contribution in [0.3, 0.4) is 0 Å². The van der Waals surface area contributed by atoms with Crippen LogP contribution in [0.15, 0.2) is 0 Å². The molecule has 3 atom stereocenters. The molecule has 3 unspecified atom stereocenters. The number of hydrogen-bond donors (Lipinski definition) is 1. The summed E-state index contributed by atoms with van der Waals surface area (Å²) in [5, 5.41) is 2.64. The highest BCUT2D eigenvalue weighted by Crippen LogP contribution is 2.14. The van der Waals surface area contributed by atoms with Gasteiger partial charge in [-0.2, -0.15) is 11.8 Å². The van der Waals surface area contributed by atoms with Gasteiger partial charge in [-0.15, -0.1) is 0 Å². The Bertz CT molecular complexity index is 449.